The maximum absolute atomic E-state index is 13.6. The highest BCUT2D eigenvalue weighted by molar-refractivity contribution is 7.71. The van der Waals surface area contributed by atoms with Crippen LogP contribution in [0.2, 0.25) is 0 Å². The lowest BCUT2D eigenvalue weighted by atomic mass is 10.1. The number of aromatic amines is 1. The van der Waals surface area contributed by atoms with Crippen molar-refractivity contribution in [3.05, 3.63) is 82.1 Å². The van der Waals surface area contributed by atoms with Gasteiger partial charge >= 0.3 is 0 Å². The molecule has 1 aromatic heterocycles. The third kappa shape index (κ3) is 3.17. The van der Waals surface area contributed by atoms with E-state index in [4.69, 9.17) is 12.2 Å². The van der Waals surface area contributed by atoms with E-state index in [9.17, 15) is 4.39 Å². The van der Waals surface area contributed by atoms with Gasteiger partial charge in [-0.3, -0.25) is 5.10 Å². The van der Waals surface area contributed by atoms with Crippen LogP contribution in [0.1, 0.15) is 17.0 Å². The molecule has 2 aromatic carbocycles. The van der Waals surface area contributed by atoms with Crippen molar-refractivity contribution in [1.82, 2.24) is 14.9 Å². The van der Waals surface area contributed by atoms with E-state index in [0.29, 0.717) is 22.6 Å². The molecule has 110 valence electrons. The van der Waals surface area contributed by atoms with E-state index < -0.39 is 0 Å². The first-order valence-electron chi connectivity index (χ1n) is 6.73. The number of halogens is 1. The summed E-state index contributed by atoms with van der Waals surface area (Å²) in [5.41, 5.74) is 1.50. The number of rotatable bonds is 4. The van der Waals surface area contributed by atoms with Gasteiger partial charge in [-0.05, 0) is 23.8 Å². The predicted molar refractivity (Wildman–Crippen MR) is 86.1 cm³/mol. The predicted octanol–water partition coefficient (Wildman–Crippen LogP) is 3.55. The maximum Gasteiger partial charge on any atom is 0.216 e. The molecule has 0 aliphatic heterocycles. The Labute approximate surface area is 131 Å². The Morgan fingerprint density at radius 1 is 1.14 bits per heavy atom. The van der Waals surface area contributed by atoms with Crippen molar-refractivity contribution in [2.45, 2.75) is 6.42 Å². The van der Waals surface area contributed by atoms with Gasteiger partial charge in [-0.25, -0.2) is 4.39 Å². The van der Waals surface area contributed by atoms with Crippen molar-refractivity contribution in [3.8, 4) is 0 Å². The van der Waals surface area contributed by atoms with Crippen LogP contribution in [0.4, 0.5) is 4.39 Å². The quantitative estimate of drug-likeness (QED) is 0.591. The zero-order valence-corrected chi connectivity index (χ0v) is 12.4. The smallest absolute Gasteiger partial charge is 0.216 e. The fraction of sp³-hybridized carbons (Fsp3) is 0.0625. The largest absolute Gasteiger partial charge is 0.250 e. The molecule has 0 aliphatic carbocycles. The molecular weight excluding hydrogens is 299 g/mol. The van der Waals surface area contributed by atoms with Crippen LogP contribution in [0.5, 0.6) is 0 Å². The van der Waals surface area contributed by atoms with E-state index in [2.05, 4.69) is 15.3 Å². The average molecular weight is 312 g/mol. The van der Waals surface area contributed by atoms with Gasteiger partial charge in [-0.2, -0.15) is 14.9 Å². The third-order valence-corrected chi connectivity index (χ3v) is 3.40. The summed E-state index contributed by atoms with van der Waals surface area (Å²) in [5, 5.41) is 11.1. The van der Waals surface area contributed by atoms with Crippen molar-refractivity contribution >= 4 is 18.4 Å². The van der Waals surface area contributed by atoms with Gasteiger partial charge in [0.05, 0.1) is 6.21 Å². The average Bonchev–Trinajstić information content (AvgIpc) is 2.88. The number of hydrogen-bond donors (Lipinski definition) is 1. The summed E-state index contributed by atoms with van der Waals surface area (Å²) >= 11 is 5.17. The van der Waals surface area contributed by atoms with Crippen LogP contribution in [0.25, 0.3) is 0 Å². The molecule has 3 aromatic rings. The number of nitrogens with one attached hydrogen (secondary N) is 1. The van der Waals surface area contributed by atoms with Gasteiger partial charge in [-0.1, -0.05) is 48.5 Å². The number of nitrogens with zero attached hydrogens (tertiary/aromatic N) is 3. The molecule has 0 aliphatic rings. The minimum Gasteiger partial charge on any atom is -0.250 e. The Morgan fingerprint density at radius 2 is 1.86 bits per heavy atom. The van der Waals surface area contributed by atoms with Crippen LogP contribution in [0, 0.1) is 10.6 Å². The molecule has 0 saturated carbocycles. The second-order valence-corrected chi connectivity index (χ2v) is 5.07. The van der Waals surface area contributed by atoms with Gasteiger partial charge in [0.15, 0.2) is 5.82 Å². The maximum atomic E-state index is 13.6. The Bertz CT molecular complexity index is 852. The Balaban J connectivity index is 1.90. The number of aromatic nitrogens is 3. The Morgan fingerprint density at radius 3 is 2.64 bits per heavy atom. The molecule has 1 heterocycles. The summed E-state index contributed by atoms with van der Waals surface area (Å²) in [7, 11) is 0. The van der Waals surface area contributed by atoms with E-state index in [1.54, 1.807) is 18.2 Å². The molecule has 1 N–H and O–H groups in total. The molecule has 0 saturated heterocycles. The lowest BCUT2D eigenvalue weighted by Gasteiger charge is -2.01. The van der Waals surface area contributed by atoms with E-state index in [1.165, 1.54) is 17.0 Å². The molecule has 4 nitrogen and oxygen atoms in total. The summed E-state index contributed by atoms with van der Waals surface area (Å²) in [6.45, 7) is 0. The van der Waals surface area contributed by atoms with E-state index in [-0.39, 0.29) is 5.82 Å². The SMILES string of the molecule is Fc1ccccc1/C=N\n1c(Cc2ccccc2)n[nH]c1=S. The van der Waals surface area contributed by atoms with Crippen molar-refractivity contribution in [3.63, 3.8) is 0 Å². The van der Waals surface area contributed by atoms with E-state index in [1.807, 2.05) is 30.3 Å². The molecule has 0 spiro atoms. The Kier molecular flexibility index (Phi) is 4.20. The number of benzene rings is 2. The highest BCUT2D eigenvalue weighted by Crippen LogP contribution is 2.08. The van der Waals surface area contributed by atoms with Crippen molar-refractivity contribution in [2.24, 2.45) is 5.10 Å². The van der Waals surface area contributed by atoms with Crippen molar-refractivity contribution < 1.29 is 4.39 Å². The highest BCUT2D eigenvalue weighted by Gasteiger charge is 2.06. The molecule has 0 radical (unpaired) electrons. The second-order valence-electron chi connectivity index (χ2n) is 4.69. The molecule has 0 atom stereocenters. The summed E-state index contributed by atoms with van der Waals surface area (Å²) in [5.74, 6) is 0.342. The molecule has 6 heteroatoms. The minimum absolute atomic E-state index is 0.328. The first-order valence-corrected chi connectivity index (χ1v) is 7.14. The fourth-order valence-corrected chi connectivity index (χ4v) is 2.23. The van der Waals surface area contributed by atoms with E-state index in [0.717, 1.165) is 5.56 Å². The van der Waals surface area contributed by atoms with Gasteiger partial charge in [-0.15, -0.1) is 0 Å². The summed E-state index contributed by atoms with van der Waals surface area (Å²) < 4.78 is 15.5. The van der Waals surface area contributed by atoms with Gasteiger partial charge in [0.25, 0.3) is 0 Å². The summed E-state index contributed by atoms with van der Waals surface area (Å²) in [6.07, 6.45) is 2.03. The lowest BCUT2D eigenvalue weighted by Crippen LogP contribution is -2.01. The topological polar surface area (TPSA) is 46.0 Å². The lowest BCUT2D eigenvalue weighted by molar-refractivity contribution is 0.625. The normalized spacial score (nSPS) is 11.1. The summed E-state index contributed by atoms with van der Waals surface area (Å²) in [4.78, 5) is 0. The number of hydrogen-bond acceptors (Lipinski definition) is 3. The third-order valence-electron chi connectivity index (χ3n) is 3.14. The molecule has 22 heavy (non-hydrogen) atoms. The van der Waals surface area contributed by atoms with Crippen LogP contribution in [0.3, 0.4) is 0 Å². The second kappa shape index (κ2) is 6.44. The molecule has 0 amide bonds. The van der Waals surface area contributed by atoms with Crippen LogP contribution < -0.4 is 0 Å². The van der Waals surface area contributed by atoms with Gasteiger partial charge in [0.1, 0.15) is 5.82 Å². The van der Waals surface area contributed by atoms with Crippen LogP contribution in [0.15, 0.2) is 59.7 Å². The molecule has 0 unspecified atom stereocenters. The van der Waals surface area contributed by atoms with Crippen molar-refractivity contribution in [2.75, 3.05) is 0 Å². The van der Waals surface area contributed by atoms with Crippen molar-refractivity contribution in [1.29, 1.82) is 0 Å². The van der Waals surface area contributed by atoms with Gasteiger partial charge in [0, 0.05) is 12.0 Å². The molecule has 0 bridgehead atoms. The zero-order chi connectivity index (χ0) is 15.4. The van der Waals surface area contributed by atoms with Gasteiger partial charge < -0.3 is 0 Å². The fourth-order valence-electron chi connectivity index (χ4n) is 2.04. The molecule has 0 fully saturated rings. The zero-order valence-electron chi connectivity index (χ0n) is 11.6. The van der Waals surface area contributed by atoms with Crippen LogP contribution in [-0.2, 0) is 6.42 Å². The first-order chi connectivity index (χ1) is 10.7. The Hall–Kier alpha value is -2.60. The monoisotopic (exact) mass is 312 g/mol. The van der Waals surface area contributed by atoms with E-state index >= 15 is 0 Å². The highest BCUT2D eigenvalue weighted by atomic mass is 32.1. The summed E-state index contributed by atoms with van der Waals surface area (Å²) in [6, 6.07) is 16.3. The van der Waals surface area contributed by atoms with Crippen LogP contribution >= 0.6 is 12.2 Å². The first kappa shape index (κ1) is 14.3. The molecular formula is C16H13FN4S. The minimum atomic E-state index is -0.328. The standard InChI is InChI=1S/C16H13FN4S/c17-14-9-5-4-8-13(14)11-18-21-15(19-20-16(21)22)10-12-6-2-1-3-7-12/h1-9,11H,10H2,(H,20,22)/b18-11-. The van der Waals surface area contributed by atoms with Crippen LogP contribution in [-0.4, -0.2) is 21.1 Å². The number of H-pyrrole nitrogens is 1. The van der Waals surface area contributed by atoms with Gasteiger partial charge in [0.2, 0.25) is 4.77 Å². The molecule has 3 rings (SSSR count).